The average molecular weight is 342 g/mol. The van der Waals surface area contributed by atoms with Crippen LogP contribution in [0.2, 0.25) is 0 Å². The minimum atomic E-state index is 0.0694. The lowest BCUT2D eigenvalue weighted by Crippen LogP contribution is -2.40. The predicted molar refractivity (Wildman–Crippen MR) is 95.8 cm³/mol. The number of hydrogen-bond donors (Lipinski definition) is 1. The summed E-state index contributed by atoms with van der Waals surface area (Å²) in [5, 5.41) is 15.6. The molecule has 1 N–H and O–H groups in total. The Hall–Kier alpha value is -2.28. The standard InChI is InChI=1S/C18H26N6O/c1-14-3-5-16(6-4-14)18-20-22-24(21-18)13-17(25)23-11-8-15(9-12-23)7-10-19-2/h3-6,15,19H,7-13H2,1-2H3. The van der Waals surface area contributed by atoms with Crippen LogP contribution in [-0.4, -0.2) is 57.7 Å². The van der Waals surface area contributed by atoms with Gasteiger partial charge in [-0.2, -0.15) is 4.80 Å². The second kappa shape index (κ2) is 8.20. The second-order valence-corrected chi connectivity index (χ2v) is 6.73. The van der Waals surface area contributed by atoms with Crippen molar-refractivity contribution < 1.29 is 4.79 Å². The molecule has 0 bridgehead atoms. The lowest BCUT2D eigenvalue weighted by atomic mass is 9.93. The van der Waals surface area contributed by atoms with Crippen LogP contribution in [0.25, 0.3) is 11.4 Å². The molecule has 0 atom stereocenters. The van der Waals surface area contributed by atoms with E-state index >= 15 is 0 Å². The Kier molecular flexibility index (Phi) is 5.75. The van der Waals surface area contributed by atoms with Gasteiger partial charge in [-0.05, 0) is 50.9 Å². The van der Waals surface area contributed by atoms with Gasteiger partial charge in [0.2, 0.25) is 11.7 Å². The maximum Gasteiger partial charge on any atom is 0.246 e. The fraction of sp³-hybridized carbons (Fsp3) is 0.556. The SMILES string of the molecule is CNCCC1CCN(C(=O)Cn2nnc(-c3ccc(C)cc3)n2)CC1. The summed E-state index contributed by atoms with van der Waals surface area (Å²) in [5.41, 5.74) is 2.10. The zero-order chi connectivity index (χ0) is 17.6. The van der Waals surface area contributed by atoms with Gasteiger partial charge in [-0.3, -0.25) is 4.79 Å². The van der Waals surface area contributed by atoms with E-state index in [0.717, 1.165) is 38.0 Å². The number of aromatic nitrogens is 4. The number of amides is 1. The molecule has 0 unspecified atom stereocenters. The molecule has 2 heterocycles. The Morgan fingerprint density at radius 2 is 1.96 bits per heavy atom. The second-order valence-electron chi connectivity index (χ2n) is 6.73. The summed E-state index contributed by atoms with van der Waals surface area (Å²) in [7, 11) is 1.98. The summed E-state index contributed by atoms with van der Waals surface area (Å²) in [4.78, 5) is 15.8. The van der Waals surface area contributed by atoms with Crippen molar-refractivity contribution in [2.75, 3.05) is 26.7 Å². The monoisotopic (exact) mass is 342 g/mol. The predicted octanol–water partition coefficient (Wildman–Crippen LogP) is 1.50. The van der Waals surface area contributed by atoms with Crippen molar-refractivity contribution in [1.29, 1.82) is 0 Å². The van der Waals surface area contributed by atoms with E-state index in [0.29, 0.717) is 11.7 Å². The summed E-state index contributed by atoms with van der Waals surface area (Å²) in [5.74, 6) is 1.34. The number of hydrogen-bond acceptors (Lipinski definition) is 5. The molecule has 1 amide bonds. The van der Waals surface area contributed by atoms with Gasteiger partial charge in [-0.15, -0.1) is 10.2 Å². The van der Waals surface area contributed by atoms with Gasteiger partial charge in [0.25, 0.3) is 0 Å². The summed E-state index contributed by atoms with van der Waals surface area (Å²) in [6, 6.07) is 7.96. The van der Waals surface area contributed by atoms with Crippen molar-refractivity contribution in [1.82, 2.24) is 30.4 Å². The zero-order valence-corrected chi connectivity index (χ0v) is 15.0. The highest BCUT2D eigenvalue weighted by Crippen LogP contribution is 2.20. The minimum Gasteiger partial charge on any atom is -0.341 e. The average Bonchev–Trinajstić information content (AvgIpc) is 3.09. The third-order valence-corrected chi connectivity index (χ3v) is 4.81. The molecule has 25 heavy (non-hydrogen) atoms. The summed E-state index contributed by atoms with van der Waals surface area (Å²) in [6.45, 7) is 4.89. The molecule has 134 valence electrons. The highest BCUT2D eigenvalue weighted by Gasteiger charge is 2.23. The number of rotatable bonds is 6. The van der Waals surface area contributed by atoms with Crippen LogP contribution in [0.5, 0.6) is 0 Å². The summed E-state index contributed by atoms with van der Waals surface area (Å²) in [6.07, 6.45) is 3.34. The molecule has 2 aromatic rings. The van der Waals surface area contributed by atoms with Gasteiger partial charge in [0.1, 0.15) is 6.54 Å². The topological polar surface area (TPSA) is 75.9 Å². The van der Waals surface area contributed by atoms with E-state index in [1.54, 1.807) is 0 Å². The Bertz CT molecular complexity index is 688. The van der Waals surface area contributed by atoms with E-state index in [9.17, 15) is 4.79 Å². The molecule has 1 saturated heterocycles. The Morgan fingerprint density at radius 3 is 2.64 bits per heavy atom. The maximum absolute atomic E-state index is 12.5. The van der Waals surface area contributed by atoms with E-state index < -0.39 is 0 Å². The molecule has 0 radical (unpaired) electrons. The number of piperidine rings is 1. The normalized spacial score (nSPS) is 15.5. The van der Waals surface area contributed by atoms with E-state index in [1.165, 1.54) is 16.8 Å². The first-order chi connectivity index (χ1) is 12.2. The molecule has 1 aromatic carbocycles. The number of carbonyl (C=O) groups excluding carboxylic acids is 1. The molecule has 1 fully saturated rings. The third kappa shape index (κ3) is 4.63. The van der Waals surface area contributed by atoms with Gasteiger partial charge in [0.15, 0.2) is 0 Å². The van der Waals surface area contributed by atoms with Gasteiger partial charge in [0.05, 0.1) is 0 Å². The maximum atomic E-state index is 12.5. The molecule has 1 aliphatic rings. The molecule has 0 spiro atoms. The van der Waals surface area contributed by atoms with E-state index in [4.69, 9.17) is 0 Å². The molecular weight excluding hydrogens is 316 g/mol. The van der Waals surface area contributed by atoms with Crippen LogP contribution in [0.3, 0.4) is 0 Å². The van der Waals surface area contributed by atoms with Crippen LogP contribution in [0.1, 0.15) is 24.8 Å². The lowest BCUT2D eigenvalue weighted by Gasteiger charge is -2.31. The van der Waals surface area contributed by atoms with Crippen LogP contribution in [-0.2, 0) is 11.3 Å². The van der Waals surface area contributed by atoms with E-state index in [1.807, 2.05) is 43.1 Å². The third-order valence-electron chi connectivity index (χ3n) is 4.81. The first-order valence-electron chi connectivity index (χ1n) is 8.93. The number of carbonyl (C=O) groups is 1. The smallest absolute Gasteiger partial charge is 0.246 e. The van der Waals surface area contributed by atoms with Crippen molar-refractivity contribution in [3.05, 3.63) is 29.8 Å². The highest BCUT2D eigenvalue weighted by molar-refractivity contribution is 5.75. The zero-order valence-electron chi connectivity index (χ0n) is 15.0. The number of tetrazole rings is 1. The van der Waals surface area contributed by atoms with Gasteiger partial charge in [0, 0.05) is 18.7 Å². The Balaban J connectivity index is 1.53. The fourth-order valence-electron chi connectivity index (χ4n) is 3.17. The van der Waals surface area contributed by atoms with Crippen molar-refractivity contribution in [3.63, 3.8) is 0 Å². The van der Waals surface area contributed by atoms with E-state index in [-0.39, 0.29) is 12.5 Å². The van der Waals surface area contributed by atoms with Crippen LogP contribution in [0.15, 0.2) is 24.3 Å². The number of nitrogens with zero attached hydrogens (tertiary/aromatic N) is 5. The number of aryl methyl sites for hydroxylation is 1. The Morgan fingerprint density at radius 1 is 1.24 bits per heavy atom. The summed E-state index contributed by atoms with van der Waals surface area (Å²) < 4.78 is 0. The minimum absolute atomic E-state index is 0.0694. The molecular formula is C18H26N6O. The van der Waals surface area contributed by atoms with Crippen molar-refractivity contribution in [3.8, 4) is 11.4 Å². The van der Waals surface area contributed by atoms with Crippen LogP contribution < -0.4 is 5.32 Å². The molecule has 7 heteroatoms. The molecule has 7 nitrogen and oxygen atoms in total. The number of nitrogens with one attached hydrogen (secondary N) is 1. The van der Waals surface area contributed by atoms with Gasteiger partial charge in [-0.1, -0.05) is 29.8 Å². The molecule has 1 aromatic heterocycles. The summed E-state index contributed by atoms with van der Waals surface area (Å²) >= 11 is 0. The molecule has 1 aliphatic heterocycles. The van der Waals surface area contributed by atoms with Crippen LogP contribution >= 0.6 is 0 Å². The first-order valence-corrected chi connectivity index (χ1v) is 8.93. The van der Waals surface area contributed by atoms with Gasteiger partial charge in [-0.25, -0.2) is 0 Å². The number of likely N-dealkylation sites (tertiary alicyclic amines) is 1. The molecule has 3 rings (SSSR count). The van der Waals surface area contributed by atoms with Crippen molar-refractivity contribution >= 4 is 5.91 Å². The quantitative estimate of drug-likeness (QED) is 0.861. The lowest BCUT2D eigenvalue weighted by molar-refractivity contribution is -0.133. The Labute approximate surface area is 148 Å². The van der Waals surface area contributed by atoms with Crippen LogP contribution in [0, 0.1) is 12.8 Å². The largest absolute Gasteiger partial charge is 0.341 e. The molecule has 0 aliphatic carbocycles. The van der Waals surface area contributed by atoms with Gasteiger partial charge < -0.3 is 10.2 Å². The van der Waals surface area contributed by atoms with Crippen molar-refractivity contribution in [2.45, 2.75) is 32.7 Å². The molecule has 0 saturated carbocycles. The van der Waals surface area contributed by atoms with Crippen LogP contribution in [0.4, 0.5) is 0 Å². The number of benzene rings is 1. The van der Waals surface area contributed by atoms with Gasteiger partial charge >= 0.3 is 0 Å². The highest BCUT2D eigenvalue weighted by atomic mass is 16.2. The fourth-order valence-corrected chi connectivity index (χ4v) is 3.17. The van der Waals surface area contributed by atoms with E-state index in [2.05, 4.69) is 20.7 Å². The van der Waals surface area contributed by atoms with Crippen molar-refractivity contribution in [2.24, 2.45) is 5.92 Å². The first kappa shape index (κ1) is 17.5.